The number of anilines is 1. The van der Waals surface area contributed by atoms with Gasteiger partial charge in [0.25, 0.3) is 5.91 Å². The Morgan fingerprint density at radius 2 is 2.13 bits per heavy atom. The summed E-state index contributed by atoms with van der Waals surface area (Å²) in [5, 5.41) is 4.28. The number of nitrogens with zero attached hydrogens (tertiary/aromatic N) is 1. The first-order chi connectivity index (χ1) is 10.9. The number of thiazole rings is 1. The summed E-state index contributed by atoms with van der Waals surface area (Å²) >= 11 is 1.46. The maximum absolute atomic E-state index is 12.5. The van der Waals surface area contributed by atoms with E-state index < -0.39 is 0 Å². The summed E-state index contributed by atoms with van der Waals surface area (Å²) in [6, 6.07) is 5.29. The molecule has 0 unspecified atom stereocenters. The molecule has 3 rings (SSSR count). The standard InChI is InChI=1S/C17H18N2O3S/c1-9(2)22-15-8-12(7-14-13(15)5-6-21-14)16(20)19-17-18-10(3)11(4)23-17/h5-9H,1-4H3,(H,18,19,20). The molecule has 3 aromatic rings. The van der Waals surface area contributed by atoms with Gasteiger partial charge in [-0.05, 0) is 45.9 Å². The van der Waals surface area contributed by atoms with Crippen molar-refractivity contribution < 1.29 is 13.9 Å². The van der Waals surface area contributed by atoms with Gasteiger partial charge in [-0.3, -0.25) is 10.1 Å². The first kappa shape index (κ1) is 15.6. The average molecular weight is 330 g/mol. The Labute approximate surface area is 138 Å². The number of aryl methyl sites for hydroxylation is 2. The van der Waals surface area contributed by atoms with E-state index in [0.29, 0.717) is 22.0 Å². The van der Waals surface area contributed by atoms with Crippen LogP contribution in [0.5, 0.6) is 5.75 Å². The minimum Gasteiger partial charge on any atom is -0.490 e. The van der Waals surface area contributed by atoms with Gasteiger partial charge in [-0.15, -0.1) is 11.3 Å². The van der Waals surface area contributed by atoms with Crippen molar-refractivity contribution in [2.24, 2.45) is 0 Å². The lowest BCUT2D eigenvalue weighted by molar-refractivity contribution is 0.102. The molecular formula is C17H18N2O3S. The van der Waals surface area contributed by atoms with Crippen molar-refractivity contribution in [3.05, 3.63) is 40.6 Å². The van der Waals surface area contributed by atoms with Crippen LogP contribution in [0.25, 0.3) is 11.0 Å². The Balaban J connectivity index is 1.93. The molecule has 5 nitrogen and oxygen atoms in total. The predicted octanol–water partition coefficient (Wildman–Crippen LogP) is 4.55. The molecule has 0 atom stereocenters. The third-order valence-corrected chi connectivity index (χ3v) is 4.40. The molecule has 1 N–H and O–H groups in total. The number of rotatable bonds is 4. The van der Waals surface area contributed by atoms with Crippen LogP contribution >= 0.6 is 11.3 Å². The second kappa shape index (κ2) is 6.04. The maximum Gasteiger partial charge on any atom is 0.257 e. The third kappa shape index (κ3) is 3.22. The molecule has 0 aliphatic rings. The van der Waals surface area contributed by atoms with E-state index in [9.17, 15) is 4.79 Å². The Morgan fingerprint density at radius 1 is 1.35 bits per heavy atom. The average Bonchev–Trinajstić information content (AvgIpc) is 3.05. The highest BCUT2D eigenvalue weighted by Crippen LogP contribution is 2.30. The van der Waals surface area contributed by atoms with Gasteiger partial charge in [0.1, 0.15) is 11.3 Å². The van der Waals surface area contributed by atoms with Crippen LogP contribution in [-0.4, -0.2) is 17.0 Å². The lowest BCUT2D eigenvalue weighted by Crippen LogP contribution is -2.13. The van der Waals surface area contributed by atoms with E-state index >= 15 is 0 Å². The molecule has 120 valence electrons. The third-order valence-electron chi connectivity index (χ3n) is 3.41. The molecule has 0 bridgehead atoms. The van der Waals surface area contributed by atoms with E-state index in [1.165, 1.54) is 11.3 Å². The van der Waals surface area contributed by atoms with Crippen LogP contribution in [0, 0.1) is 13.8 Å². The second-order valence-electron chi connectivity index (χ2n) is 5.59. The number of hydrogen-bond acceptors (Lipinski definition) is 5. The van der Waals surface area contributed by atoms with Crippen molar-refractivity contribution in [3.8, 4) is 5.75 Å². The van der Waals surface area contributed by atoms with Crippen LogP contribution in [0.1, 0.15) is 34.8 Å². The first-order valence-electron chi connectivity index (χ1n) is 7.37. The van der Waals surface area contributed by atoms with Gasteiger partial charge in [0.2, 0.25) is 0 Å². The number of furan rings is 1. The second-order valence-corrected chi connectivity index (χ2v) is 6.79. The summed E-state index contributed by atoms with van der Waals surface area (Å²) in [5.41, 5.74) is 2.03. The number of carbonyl (C=O) groups excluding carboxylic acids is 1. The van der Waals surface area contributed by atoms with Crippen molar-refractivity contribution in [1.82, 2.24) is 4.98 Å². The van der Waals surface area contributed by atoms with Gasteiger partial charge >= 0.3 is 0 Å². The molecular weight excluding hydrogens is 312 g/mol. The summed E-state index contributed by atoms with van der Waals surface area (Å²) in [5.74, 6) is 0.411. The first-order valence-corrected chi connectivity index (χ1v) is 8.19. The van der Waals surface area contributed by atoms with E-state index in [2.05, 4.69) is 10.3 Å². The van der Waals surface area contributed by atoms with Crippen LogP contribution in [0.15, 0.2) is 28.9 Å². The molecule has 0 radical (unpaired) electrons. The van der Waals surface area contributed by atoms with Gasteiger partial charge in [-0.1, -0.05) is 0 Å². The zero-order chi connectivity index (χ0) is 16.6. The highest BCUT2D eigenvalue weighted by Gasteiger charge is 2.15. The molecule has 1 amide bonds. The topological polar surface area (TPSA) is 64.4 Å². The maximum atomic E-state index is 12.5. The van der Waals surface area contributed by atoms with E-state index in [0.717, 1.165) is 16.0 Å². The minimum absolute atomic E-state index is 0.00988. The summed E-state index contributed by atoms with van der Waals surface area (Å²) in [4.78, 5) is 17.9. The number of benzene rings is 1. The SMILES string of the molecule is Cc1nc(NC(=O)c2cc(OC(C)C)c3ccoc3c2)sc1C. The molecule has 0 fully saturated rings. The summed E-state index contributed by atoms with van der Waals surface area (Å²) in [6.07, 6.45) is 1.60. The Hall–Kier alpha value is -2.34. The van der Waals surface area contributed by atoms with E-state index in [4.69, 9.17) is 9.15 Å². The number of hydrogen-bond donors (Lipinski definition) is 1. The number of aromatic nitrogens is 1. The van der Waals surface area contributed by atoms with E-state index in [-0.39, 0.29) is 12.0 Å². The van der Waals surface area contributed by atoms with Gasteiger partial charge in [-0.25, -0.2) is 4.98 Å². The molecule has 6 heteroatoms. The fraction of sp³-hybridized carbons (Fsp3) is 0.294. The van der Waals surface area contributed by atoms with Crippen LogP contribution in [-0.2, 0) is 0 Å². The van der Waals surface area contributed by atoms with Crippen molar-refractivity contribution in [3.63, 3.8) is 0 Å². The highest BCUT2D eigenvalue weighted by atomic mass is 32.1. The Kier molecular flexibility index (Phi) is 4.09. The lowest BCUT2D eigenvalue weighted by Gasteiger charge is -2.12. The smallest absolute Gasteiger partial charge is 0.257 e. The number of fused-ring (bicyclic) bond motifs is 1. The number of nitrogens with one attached hydrogen (secondary N) is 1. The Morgan fingerprint density at radius 3 is 2.78 bits per heavy atom. The lowest BCUT2D eigenvalue weighted by atomic mass is 10.1. The van der Waals surface area contributed by atoms with E-state index in [1.807, 2.05) is 33.8 Å². The highest BCUT2D eigenvalue weighted by molar-refractivity contribution is 7.15. The predicted molar refractivity (Wildman–Crippen MR) is 91.5 cm³/mol. The van der Waals surface area contributed by atoms with Crippen molar-refractivity contribution in [2.45, 2.75) is 33.8 Å². The zero-order valence-electron chi connectivity index (χ0n) is 13.5. The van der Waals surface area contributed by atoms with E-state index in [1.54, 1.807) is 18.4 Å². The van der Waals surface area contributed by atoms with Gasteiger partial charge in [0.15, 0.2) is 5.13 Å². The monoisotopic (exact) mass is 330 g/mol. The van der Waals surface area contributed by atoms with Crippen LogP contribution in [0.4, 0.5) is 5.13 Å². The fourth-order valence-electron chi connectivity index (χ4n) is 2.22. The number of amides is 1. The molecule has 2 aromatic heterocycles. The molecule has 0 aliphatic carbocycles. The fourth-order valence-corrected chi connectivity index (χ4v) is 3.03. The molecule has 2 heterocycles. The van der Waals surface area contributed by atoms with Crippen molar-refractivity contribution >= 4 is 33.3 Å². The molecule has 1 aromatic carbocycles. The van der Waals surface area contributed by atoms with Gasteiger partial charge in [0.05, 0.1) is 23.4 Å². The Bertz CT molecular complexity index is 844. The van der Waals surface area contributed by atoms with Gasteiger partial charge in [-0.2, -0.15) is 0 Å². The molecule has 0 spiro atoms. The quantitative estimate of drug-likeness (QED) is 0.762. The minimum atomic E-state index is -0.231. The molecule has 0 saturated heterocycles. The van der Waals surface area contributed by atoms with Crippen molar-refractivity contribution in [2.75, 3.05) is 5.32 Å². The van der Waals surface area contributed by atoms with Crippen LogP contribution in [0.2, 0.25) is 0 Å². The molecule has 23 heavy (non-hydrogen) atoms. The summed E-state index contributed by atoms with van der Waals surface area (Å²) in [6.45, 7) is 7.79. The van der Waals surface area contributed by atoms with Crippen molar-refractivity contribution in [1.29, 1.82) is 0 Å². The molecule has 0 aliphatic heterocycles. The molecule has 0 saturated carbocycles. The van der Waals surface area contributed by atoms with Gasteiger partial charge in [0, 0.05) is 10.4 Å². The summed E-state index contributed by atoms with van der Waals surface area (Å²) in [7, 11) is 0. The zero-order valence-corrected chi connectivity index (χ0v) is 14.3. The number of carbonyl (C=O) groups is 1. The van der Waals surface area contributed by atoms with Crippen LogP contribution < -0.4 is 10.1 Å². The van der Waals surface area contributed by atoms with Crippen LogP contribution in [0.3, 0.4) is 0 Å². The summed E-state index contributed by atoms with van der Waals surface area (Å²) < 4.78 is 11.2. The van der Waals surface area contributed by atoms with Gasteiger partial charge < -0.3 is 9.15 Å². The normalized spacial score (nSPS) is 11.2. The number of ether oxygens (including phenoxy) is 1. The largest absolute Gasteiger partial charge is 0.490 e.